The summed E-state index contributed by atoms with van der Waals surface area (Å²) in [6, 6.07) is 5.04. The summed E-state index contributed by atoms with van der Waals surface area (Å²) in [4.78, 5) is 21.8. The van der Waals surface area contributed by atoms with Crippen LogP contribution >= 0.6 is 23.2 Å². The van der Waals surface area contributed by atoms with E-state index in [1.807, 2.05) is 0 Å². The predicted molar refractivity (Wildman–Crippen MR) is 67.4 cm³/mol. The van der Waals surface area contributed by atoms with Crippen molar-refractivity contribution >= 4 is 41.0 Å². The number of allylic oxidation sites excluding steroid dienone is 1. The van der Waals surface area contributed by atoms with Crippen LogP contribution in [0.2, 0.25) is 10.0 Å². The molecule has 0 heterocycles. The van der Waals surface area contributed by atoms with E-state index >= 15 is 0 Å². The third-order valence-corrected chi connectivity index (χ3v) is 2.94. The van der Waals surface area contributed by atoms with Gasteiger partial charge in [-0.05, 0) is 30.2 Å². The van der Waals surface area contributed by atoms with Crippen LogP contribution in [0.5, 0.6) is 0 Å². The second kappa shape index (κ2) is 5.84. The number of carboxylic acids is 1. The van der Waals surface area contributed by atoms with E-state index in [9.17, 15) is 9.59 Å². The second-order valence-corrected chi connectivity index (χ2v) is 4.25. The first-order valence-corrected chi connectivity index (χ1v) is 5.54. The zero-order chi connectivity index (χ0) is 13.0. The molecule has 0 unspecified atom stereocenters. The molecule has 0 saturated carbocycles. The summed E-state index contributed by atoms with van der Waals surface area (Å²) >= 11 is 11.8. The van der Waals surface area contributed by atoms with Crippen molar-refractivity contribution in [2.24, 2.45) is 0 Å². The average Bonchev–Trinajstić information content (AvgIpc) is 2.23. The molecule has 1 aromatic carbocycles. The third-order valence-electron chi connectivity index (χ3n) is 2.11. The lowest BCUT2D eigenvalue weighted by atomic mass is 10.1. The predicted octanol–water partition coefficient (Wildman–Crippen LogP) is 3.44. The van der Waals surface area contributed by atoms with Crippen molar-refractivity contribution in [3.63, 3.8) is 0 Å². The maximum Gasteiger partial charge on any atom is 0.311 e. The van der Waals surface area contributed by atoms with Gasteiger partial charge < -0.3 is 5.11 Å². The van der Waals surface area contributed by atoms with Crippen molar-refractivity contribution in [3.8, 4) is 0 Å². The fraction of sp³-hybridized carbons (Fsp3) is 0.167. The third kappa shape index (κ3) is 3.88. The Morgan fingerprint density at radius 2 is 2.00 bits per heavy atom. The normalized spacial score (nSPS) is 11.4. The number of halogens is 2. The van der Waals surface area contributed by atoms with Gasteiger partial charge in [0.05, 0.1) is 10.0 Å². The molecule has 1 aromatic rings. The molecule has 90 valence electrons. The Bertz CT molecular complexity index is 493. The minimum Gasteiger partial charge on any atom is -0.481 e. The van der Waals surface area contributed by atoms with Gasteiger partial charge in [-0.15, -0.1) is 0 Å². The average molecular weight is 273 g/mol. The molecule has 0 amide bonds. The van der Waals surface area contributed by atoms with E-state index < -0.39 is 18.2 Å². The molecule has 0 atom stereocenters. The van der Waals surface area contributed by atoms with Gasteiger partial charge in [0, 0.05) is 0 Å². The highest BCUT2D eigenvalue weighted by Gasteiger charge is 2.10. The van der Waals surface area contributed by atoms with E-state index in [2.05, 4.69) is 0 Å². The van der Waals surface area contributed by atoms with Gasteiger partial charge in [0.2, 0.25) is 0 Å². The Balaban J connectivity index is 2.98. The zero-order valence-electron chi connectivity index (χ0n) is 9.04. The van der Waals surface area contributed by atoms with Crippen LogP contribution in [0.25, 0.3) is 6.08 Å². The molecule has 0 aliphatic rings. The van der Waals surface area contributed by atoms with E-state index in [-0.39, 0.29) is 0 Å². The van der Waals surface area contributed by atoms with Gasteiger partial charge in [-0.3, -0.25) is 9.59 Å². The highest BCUT2D eigenvalue weighted by atomic mass is 35.5. The molecule has 1 N–H and O–H groups in total. The fourth-order valence-corrected chi connectivity index (χ4v) is 1.58. The van der Waals surface area contributed by atoms with Gasteiger partial charge in [-0.2, -0.15) is 0 Å². The lowest BCUT2D eigenvalue weighted by molar-refractivity contribution is -0.139. The minimum atomic E-state index is -1.15. The number of aliphatic carboxylic acids is 1. The van der Waals surface area contributed by atoms with E-state index in [0.717, 1.165) is 0 Å². The second-order valence-electron chi connectivity index (χ2n) is 3.46. The van der Waals surface area contributed by atoms with Crippen molar-refractivity contribution in [2.45, 2.75) is 13.3 Å². The Kier molecular flexibility index (Phi) is 4.73. The number of carbonyl (C=O) groups is 2. The van der Waals surface area contributed by atoms with Crippen molar-refractivity contribution in [1.29, 1.82) is 0 Å². The van der Waals surface area contributed by atoms with Crippen molar-refractivity contribution in [1.82, 2.24) is 0 Å². The molecule has 3 nitrogen and oxygen atoms in total. The SMILES string of the molecule is CC(=Cc1cccc(Cl)c1Cl)C(=O)CC(=O)O. The number of benzene rings is 1. The lowest BCUT2D eigenvalue weighted by Gasteiger charge is -2.02. The highest BCUT2D eigenvalue weighted by molar-refractivity contribution is 6.43. The zero-order valence-corrected chi connectivity index (χ0v) is 10.5. The lowest BCUT2D eigenvalue weighted by Crippen LogP contribution is -2.07. The molecule has 17 heavy (non-hydrogen) atoms. The molecule has 1 rings (SSSR count). The largest absolute Gasteiger partial charge is 0.481 e. The van der Waals surface area contributed by atoms with Crippen LogP contribution in [0, 0.1) is 0 Å². The maximum atomic E-state index is 11.4. The van der Waals surface area contributed by atoms with Gasteiger partial charge in [0.25, 0.3) is 0 Å². The monoisotopic (exact) mass is 272 g/mol. The first-order valence-electron chi connectivity index (χ1n) is 4.79. The number of ketones is 1. The summed E-state index contributed by atoms with van der Waals surface area (Å²) in [6.07, 6.45) is 1.00. The Hall–Kier alpha value is -1.32. The van der Waals surface area contributed by atoms with Crippen LogP contribution in [0.15, 0.2) is 23.8 Å². The summed E-state index contributed by atoms with van der Waals surface area (Å²) < 4.78 is 0. The number of carbonyl (C=O) groups excluding carboxylic acids is 1. The maximum absolute atomic E-state index is 11.4. The van der Waals surface area contributed by atoms with Crippen LogP contribution in [0.3, 0.4) is 0 Å². The van der Waals surface area contributed by atoms with E-state index in [4.69, 9.17) is 28.3 Å². The first-order chi connectivity index (χ1) is 7.91. The molecule has 0 aliphatic carbocycles. The molecule has 0 saturated heterocycles. The number of carboxylic acid groups (broad SMARTS) is 1. The number of hydrogen-bond acceptors (Lipinski definition) is 2. The number of Topliss-reactive ketones (excluding diaryl/α,β-unsaturated/α-hetero) is 1. The molecule has 0 aromatic heterocycles. The van der Waals surface area contributed by atoms with Gasteiger partial charge in [0.15, 0.2) is 5.78 Å². The Morgan fingerprint density at radius 1 is 1.35 bits per heavy atom. The summed E-state index contributed by atoms with van der Waals surface area (Å²) in [5, 5.41) is 9.23. The quantitative estimate of drug-likeness (QED) is 0.675. The molecular weight excluding hydrogens is 263 g/mol. The molecular formula is C12H10Cl2O3. The van der Waals surface area contributed by atoms with E-state index in [1.54, 1.807) is 25.1 Å². The van der Waals surface area contributed by atoms with Crippen LogP contribution < -0.4 is 0 Å². The fourth-order valence-electron chi connectivity index (χ4n) is 1.22. The molecule has 0 aliphatic heterocycles. The summed E-state index contributed by atoms with van der Waals surface area (Å²) in [5.74, 6) is -1.60. The Morgan fingerprint density at radius 3 is 2.59 bits per heavy atom. The van der Waals surface area contributed by atoms with Crippen LogP contribution in [-0.2, 0) is 9.59 Å². The summed E-state index contributed by atoms with van der Waals surface area (Å²) in [5.41, 5.74) is 0.923. The van der Waals surface area contributed by atoms with Crippen LogP contribution in [0.4, 0.5) is 0 Å². The smallest absolute Gasteiger partial charge is 0.311 e. The standard InChI is InChI=1S/C12H10Cl2O3/c1-7(10(15)6-11(16)17)5-8-3-2-4-9(13)12(8)14/h2-5H,6H2,1H3,(H,16,17). The minimum absolute atomic E-state index is 0.330. The van der Waals surface area contributed by atoms with Crippen molar-refractivity contribution in [3.05, 3.63) is 39.4 Å². The molecule has 0 spiro atoms. The van der Waals surface area contributed by atoms with E-state index in [1.165, 1.54) is 6.08 Å². The van der Waals surface area contributed by atoms with Crippen LogP contribution in [-0.4, -0.2) is 16.9 Å². The highest BCUT2D eigenvalue weighted by Crippen LogP contribution is 2.27. The number of hydrogen-bond donors (Lipinski definition) is 1. The Labute approximate surface area is 109 Å². The van der Waals surface area contributed by atoms with Gasteiger partial charge >= 0.3 is 5.97 Å². The van der Waals surface area contributed by atoms with Gasteiger partial charge in [-0.1, -0.05) is 35.3 Å². The van der Waals surface area contributed by atoms with Gasteiger partial charge in [0.1, 0.15) is 6.42 Å². The van der Waals surface area contributed by atoms with E-state index in [0.29, 0.717) is 21.2 Å². The number of rotatable bonds is 4. The van der Waals surface area contributed by atoms with Gasteiger partial charge in [-0.25, -0.2) is 0 Å². The summed E-state index contributed by atoms with van der Waals surface area (Å²) in [6.45, 7) is 1.54. The first kappa shape index (κ1) is 13.7. The molecule has 0 bridgehead atoms. The summed E-state index contributed by atoms with van der Waals surface area (Å²) in [7, 11) is 0. The molecule has 0 fully saturated rings. The molecule has 0 radical (unpaired) electrons. The van der Waals surface area contributed by atoms with Crippen molar-refractivity contribution in [2.75, 3.05) is 0 Å². The van der Waals surface area contributed by atoms with Crippen LogP contribution in [0.1, 0.15) is 18.9 Å². The van der Waals surface area contributed by atoms with Crippen molar-refractivity contribution < 1.29 is 14.7 Å². The molecule has 5 heteroatoms. The topological polar surface area (TPSA) is 54.4 Å².